The maximum atomic E-state index is 11.2. The molecule has 1 aliphatic rings. The predicted molar refractivity (Wildman–Crippen MR) is 70.0 cm³/mol. The van der Waals surface area contributed by atoms with Crippen LogP contribution in [0.3, 0.4) is 0 Å². The van der Waals surface area contributed by atoms with Crippen LogP contribution in [0.5, 0.6) is 11.5 Å². The van der Waals surface area contributed by atoms with E-state index in [2.05, 4.69) is 4.74 Å². The van der Waals surface area contributed by atoms with Crippen LogP contribution in [0, 0.1) is 10.1 Å². The smallest absolute Gasteiger partial charge is 0.307 e. The first-order chi connectivity index (χ1) is 9.02. The summed E-state index contributed by atoms with van der Waals surface area (Å²) in [5.74, 6) is 0.126. The fourth-order valence-electron chi connectivity index (χ4n) is 1.77. The van der Waals surface area contributed by atoms with Gasteiger partial charge in [-0.3, -0.25) is 14.9 Å². The molecule has 0 saturated carbocycles. The molecule has 9 heteroatoms. The zero-order chi connectivity index (χ0) is 14.0. The largest absolute Gasteiger partial charge is 0.469 e. The summed E-state index contributed by atoms with van der Waals surface area (Å²) in [6.45, 7) is 0.00216. The number of ether oxygens (including phenoxy) is 3. The highest BCUT2D eigenvalue weighted by atomic mass is 35.5. The number of methoxy groups -OCH3 is 1. The summed E-state index contributed by atoms with van der Waals surface area (Å²) in [5.41, 5.74) is 5.80. The molecule has 8 nitrogen and oxygen atoms in total. The molecule has 0 aliphatic carbocycles. The van der Waals surface area contributed by atoms with E-state index in [1.165, 1.54) is 19.2 Å². The predicted octanol–water partition coefficient (Wildman–Crippen LogP) is 1.31. The molecule has 20 heavy (non-hydrogen) atoms. The van der Waals surface area contributed by atoms with Crippen LogP contribution in [0.15, 0.2) is 12.1 Å². The Labute approximate surface area is 120 Å². The number of fused-ring (bicyclic) bond motifs is 1. The van der Waals surface area contributed by atoms with Crippen molar-refractivity contribution >= 4 is 24.1 Å². The number of carbonyl (C=O) groups excluding carboxylic acids is 1. The molecular formula is C11H13ClN2O6. The van der Waals surface area contributed by atoms with Gasteiger partial charge in [-0.15, -0.1) is 12.4 Å². The number of rotatable bonds is 4. The second-order valence-electron chi connectivity index (χ2n) is 3.91. The van der Waals surface area contributed by atoms with Crippen LogP contribution in [0.4, 0.5) is 5.69 Å². The highest BCUT2D eigenvalue weighted by Gasteiger charge is 2.27. The van der Waals surface area contributed by atoms with Crippen LogP contribution < -0.4 is 15.2 Å². The number of nitro benzene ring substituents is 1. The van der Waals surface area contributed by atoms with Gasteiger partial charge in [0, 0.05) is 6.04 Å². The summed E-state index contributed by atoms with van der Waals surface area (Å²) in [5, 5.41) is 11.0. The van der Waals surface area contributed by atoms with Crippen molar-refractivity contribution < 1.29 is 23.9 Å². The fourth-order valence-corrected chi connectivity index (χ4v) is 1.77. The Hall–Kier alpha value is -2.06. The van der Waals surface area contributed by atoms with Crippen LogP contribution >= 0.6 is 12.4 Å². The molecule has 2 N–H and O–H groups in total. The third-order valence-electron chi connectivity index (χ3n) is 2.73. The number of nitro groups is 1. The third kappa shape index (κ3) is 3.09. The van der Waals surface area contributed by atoms with E-state index in [9.17, 15) is 14.9 Å². The van der Waals surface area contributed by atoms with E-state index >= 15 is 0 Å². The minimum absolute atomic E-state index is 0. The SMILES string of the molecule is COC(=O)C[C@H](N)c1cc2c(cc1[N+](=O)[O-])OCO2.Cl. The Balaban J connectivity index is 0.00000200. The third-order valence-corrected chi connectivity index (χ3v) is 2.73. The second kappa shape index (κ2) is 6.40. The Morgan fingerprint density at radius 2 is 2.10 bits per heavy atom. The molecule has 110 valence electrons. The lowest BCUT2D eigenvalue weighted by molar-refractivity contribution is -0.385. The lowest BCUT2D eigenvalue weighted by Gasteiger charge is -2.11. The van der Waals surface area contributed by atoms with Gasteiger partial charge < -0.3 is 19.9 Å². The summed E-state index contributed by atoms with van der Waals surface area (Å²) in [4.78, 5) is 21.6. The van der Waals surface area contributed by atoms with Crippen LogP contribution in [0.25, 0.3) is 0 Å². The lowest BCUT2D eigenvalue weighted by atomic mass is 10.0. The van der Waals surface area contributed by atoms with Crippen molar-refractivity contribution in [1.29, 1.82) is 0 Å². The molecular weight excluding hydrogens is 292 g/mol. The van der Waals surface area contributed by atoms with Crippen molar-refractivity contribution in [3.63, 3.8) is 0 Å². The van der Waals surface area contributed by atoms with Crippen molar-refractivity contribution in [3.8, 4) is 11.5 Å². The summed E-state index contributed by atoms with van der Waals surface area (Å²) < 4.78 is 14.7. The van der Waals surface area contributed by atoms with Crippen molar-refractivity contribution in [1.82, 2.24) is 0 Å². The van der Waals surface area contributed by atoms with E-state index in [0.717, 1.165) is 0 Å². The van der Waals surface area contributed by atoms with Gasteiger partial charge in [0.05, 0.1) is 30.1 Å². The van der Waals surface area contributed by atoms with E-state index in [-0.39, 0.29) is 36.9 Å². The number of halogens is 1. The molecule has 0 saturated heterocycles. The van der Waals surface area contributed by atoms with Gasteiger partial charge in [0.25, 0.3) is 5.69 Å². The van der Waals surface area contributed by atoms with Gasteiger partial charge in [0.1, 0.15) is 0 Å². The molecule has 1 aliphatic heterocycles. The normalized spacial score (nSPS) is 13.3. The van der Waals surface area contributed by atoms with Crippen molar-refractivity contribution in [2.45, 2.75) is 12.5 Å². The van der Waals surface area contributed by atoms with Gasteiger partial charge in [0.2, 0.25) is 6.79 Å². The molecule has 1 aromatic carbocycles. The highest BCUT2D eigenvalue weighted by molar-refractivity contribution is 5.85. The zero-order valence-electron chi connectivity index (χ0n) is 10.5. The summed E-state index contributed by atoms with van der Waals surface area (Å²) in [6.07, 6.45) is -0.156. The molecule has 1 atom stereocenters. The molecule has 0 spiro atoms. The average molecular weight is 305 g/mol. The minimum atomic E-state index is -0.845. The van der Waals surface area contributed by atoms with Crippen molar-refractivity contribution in [3.05, 3.63) is 27.8 Å². The van der Waals surface area contributed by atoms with Gasteiger partial charge in [-0.2, -0.15) is 0 Å². The number of benzene rings is 1. The molecule has 0 aromatic heterocycles. The summed E-state index contributed by atoms with van der Waals surface area (Å²) >= 11 is 0. The van der Waals surface area contributed by atoms with Gasteiger partial charge in [0.15, 0.2) is 11.5 Å². The van der Waals surface area contributed by atoms with Crippen LogP contribution in [0.1, 0.15) is 18.0 Å². The van der Waals surface area contributed by atoms with Crippen LogP contribution in [0.2, 0.25) is 0 Å². The number of hydrogen-bond donors (Lipinski definition) is 1. The van der Waals surface area contributed by atoms with Gasteiger partial charge >= 0.3 is 5.97 Å². The van der Waals surface area contributed by atoms with E-state index in [4.69, 9.17) is 15.2 Å². The van der Waals surface area contributed by atoms with Gasteiger partial charge in [-0.05, 0) is 6.07 Å². The van der Waals surface area contributed by atoms with E-state index in [0.29, 0.717) is 11.5 Å². The van der Waals surface area contributed by atoms with Gasteiger partial charge in [-0.25, -0.2) is 0 Å². The molecule has 1 aromatic rings. The number of esters is 1. The molecule has 0 radical (unpaired) electrons. The molecule has 1 heterocycles. The summed E-state index contributed by atoms with van der Waals surface area (Å²) in [6, 6.07) is 1.82. The Kier molecular flexibility index (Phi) is 5.12. The standard InChI is InChI=1S/C11H12N2O6.ClH/c1-17-11(14)3-7(12)6-2-9-10(19-5-18-9)4-8(6)13(15)16;/h2,4,7H,3,5,12H2,1H3;1H/t7-;/m0./s1. The van der Waals surface area contributed by atoms with Crippen LogP contribution in [-0.4, -0.2) is 24.8 Å². The minimum Gasteiger partial charge on any atom is -0.469 e. The van der Waals surface area contributed by atoms with Crippen molar-refractivity contribution in [2.75, 3.05) is 13.9 Å². The number of nitrogens with zero attached hydrogens (tertiary/aromatic N) is 1. The van der Waals surface area contributed by atoms with Crippen LogP contribution in [-0.2, 0) is 9.53 Å². The summed E-state index contributed by atoms with van der Waals surface area (Å²) in [7, 11) is 1.23. The number of carbonyl (C=O) groups is 1. The van der Waals surface area contributed by atoms with Gasteiger partial charge in [-0.1, -0.05) is 0 Å². The molecule has 0 bridgehead atoms. The highest BCUT2D eigenvalue weighted by Crippen LogP contribution is 2.40. The molecule has 0 unspecified atom stereocenters. The molecule has 2 rings (SSSR count). The van der Waals surface area contributed by atoms with E-state index < -0.39 is 16.9 Å². The molecule has 0 fully saturated rings. The average Bonchev–Trinajstić information content (AvgIpc) is 2.83. The monoisotopic (exact) mass is 304 g/mol. The second-order valence-corrected chi connectivity index (χ2v) is 3.91. The quantitative estimate of drug-likeness (QED) is 0.506. The number of hydrogen-bond acceptors (Lipinski definition) is 7. The van der Waals surface area contributed by atoms with E-state index in [1.54, 1.807) is 0 Å². The van der Waals surface area contributed by atoms with Crippen molar-refractivity contribution in [2.24, 2.45) is 5.73 Å². The molecule has 0 amide bonds. The first-order valence-corrected chi connectivity index (χ1v) is 5.43. The number of nitrogens with two attached hydrogens (primary N) is 1. The zero-order valence-corrected chi connectivity index (χ0v) is 11.3. The maximum Gasteiger partial charge on any atom is 0.307 e. The topological polar surface area (TPSA) is 114 Å². The maximum absolute atomic E-state index is 11.2. The Bertz CT molecular complexity index is 536. The fraction of sp³-hybridized carbons (Fsp3) is 0.364. The Morgan fingerprint density at radius 3 is 2.65 bits per heavy atom. The first-order valence-electron chi connectivity index (χ1n) is 5.43. The van der Waals surface area contributed by atoms with E-state index in [1.807, 2.05) is 0 Å². The lowest BCUT2D eigenvalue weighted by Crippen LogP contribution is -2.17. The first kappa shape index (κ1) is 16.0. The Morgan fingerprint density at radius 1 is 1.50 bits per heavy atom.